The molecule has 2 aliphatic rings. The molecule has 7 heteroatoms. The lowest BCUT2D eigenvalue weighted by Crippen LogP contribution is -2.49. The number of carbonyl (C=O) groups excluding carboxylic acids is 3. The van der Waals surface area contributed by atoms with Crippen molar-refractivity contribution in [3.8, 4) is 0 Å². The highest BCUT2D eigenvalue weighted by molar-refractivity contribution is 8.18. The highest BCUT2D eigenvalue weighted by Crippen LogP contribution is 2.41. The predicted octanol–water partition coefficient (Wildman–Crippen LogP) is 6.39. The number of allylic oxidation sites excluding steroid dienone is 1. The number of fused-ring (bicyclic) bond motifs is 1. The normalized spacial score (nSPS) is 18.1. The van der Waals surface area contributed by atoms with E-state index in [2.05, 4.69) is 63.0 Å². The van der Waals surface area contributed by atoms with Crippen molar-refractivity contribution in [3.63, 3.8) is 0 Å². The Hall–Kier alpha value is -3.32. The minimum Gasteiger partial charge on any atom is -0.360 e. The lowest BCUT2D eigenvalue weighted by Gasteiger charge is -2.46. The number of imide groups is 1. The number of hydrogen-bond donors (Lipinski definition) is 1. The van der Waals surface area contributed by atoms with E-state index >= 15 is 0 Å². The molecule has 2 aromatic carbocycles. The van der Waals surface area contributed by atoms with Gasteiger partial charge in [0, 0.05) is 23.0 Å². The van der Waals surface area contributed by atoms with Gasteiger partial charge in [0.05, 0.1) is 10.4 Å². The molecule has 2 aliphatic heterocycles. The molecule has 2 heterocycles. The molecular weight excluding hydrogens is 470 g/mol. The Morgan fingerprint density at radius 1 is 1.08 bits per heavy atom. The molecule has 1 fully saturated rings. The Morgan fingerprint density at radius 3 is 2.47 bits per heavy atom. The maximum absolute atomic E-state index is 13.0. The first-order chi connectivity index (χ1) is 16.9. The molecule has 0 radical (unpaired) electrons. The molecule has 0 atom stereocenters. The average Bonchev–Trinajstić information content (AvgIpc) is 3.02. The minimum absolute atomic E-state index is 0.104. The number of anilines is 2. The van der Waals surface area contributed by atoms with E-state index in [1.54, 1.807) is 6.08 Å². The van der Waals surface area contributed by atoms with Crippen LogP contribution in [0.1, 0.15) is 56.9 Å². The van der Waals surface area contributed by atoms with Crippen molar-refractivity contribution < 1.29 is 14.4 Å². The van der Waals surface area contributed by atoms with Gasteiger partial charge in [0.15, 0.2) is 0 Å². The maximum Gasteiger partial charge on any atom is 0.294 e. The maximum atomic E-state index is 13.0. The van der Waals surface area contributed by atoms with E-state index in [0.29, 0.717) is 16.6 Å². The van der Waals surface area contributed by atoms with Crippen LogP contribution >= 0.6 is 11.8 Å². The van der Waals surface area contributed by atoms with Crippen LogP contribution in [0.15, 0.2) is 47.4 Å². The van der Waals surface area contributed by atoms with Gasteiger partial charge in [0.1, 0.15) is 6.54 Å². The van der Waals surface area contributed by atoms with E-state index < -0.39 is 17.1 Å². The van der Waals surface area contributed by atoms with E-state index in [0.717, 1.165) is 44.6 Å². The fraction of sp³-hybridized carbons (Fsp3) is 0.345. The summed E-state index contributed by atoms with van der Waals surface area (Å²) < 4.78 is 0. The summed E-state index contributed by atoms with van der Waals surface area (Å²) in [6.45, 7) is 14.4. The van der Waals surface area contributed by atoms with Gasteiger partial charge < -0.3 is 10.2 Å². The van der Waals surface area contributed by atoms with Gasteiger partial charge in [-0.15, -0.1) is 0 Å². The molecule has 0 bridgehead atoms. The SMILES string of the molecule is CC1=CC(C)(C)N(C(C)C)c2ccc(/C=C3\SC(=O)N(CC(=O)Nc4ccc(C)cc4C)C3=O)cc21. The summed E-state index contributed by atoms with van der Waals surface area (Å²) in [7, 11) is 0. The summed E-state index contributed by atoms with van der Waals surface area (Å²) >= 11 is 0.867. The third kappa shape index (κ3) is 4.98. The summed E-state index contributed by atoms with van der Waals surface area (Å²) in [6, 6.07) is 12.1. The van der Waals surface area contributed by atoms with Crippen molar-refractivity contribution in [1.29, 1.82) is 0 Å². The highest BCUT2D eigenvalue weighted by atomic mass is 32.2. The van der Waals surface area contributed by atoms with Crippen molar-refractivity contribution in [3.05, 3.63) is 69.6 Å². The predicted molar refractivity (Wildman–Crippen MR) is 149 cm³/mol. The van der Waals surface area contributed by atoms with Gasteiger partial charge in [-0.3, -0.25) is 19.3 Å². The molecule has 36 heavy (non-hydrogen) atoms. The second kappa shape index (κ2) is 9.62. The van der Waals surface area contributed by atoms with E-state index in [9.17, 15) is 14.4 Å². The molecule has 0 unspecified atom stereocenters. The van der Waals surface area contributed by atoms with Crippen LogP contribution in [-0.4, -0.2) is 40.1 Å². The summed E-state index contributed by atoms with van der Waals surface area (Å²) in [5.74, 6) is -0.854. The molecule has 0 spiro atoms. The van der Waals surface area contributed by atoms with E-state index in [-0.39, 0.29) is 12.1 Å². The minimum atomic E-state index is -0.448. The first-order valence-corrected chi connectivity index (χ1v) is 12.9. The fourth-order valence-corrected chi connectivity index (χ4v) is 6.01. The molecule has 0 aromatic heterocycles. The van der Waals surface area contributed by atoms with Gasteiger partial charge in [0.2, 0.25) is 5.91 Å². The number of aryl methyl sites for hydroxylation is 2. The number of thioether (sulfide) groups is 1. The van der Waals surface area contributed by atoms with Crippen molar-refractivity contribution in [2.45, 2.75) is 60.0 Å². The first-order valence-electron chi connectivity index (χ1n) is 12.1. The monoisotopic (exact) mass is 503 g/mol. The fourth-order valence-electron chi connectivity index (χ4n) is 5.18. The molecule has 188 valence electrons. The zero-order valence-electron chi connectivity index (χ0n) is 21.9. The Kier molecular flexibility index (Phi) is 6.88. The van der Waals surface area contributed by atoms with Crippen LogP contribution in [0.5, 0.6) is 0 Å². The Balaban J connectivity index is 1.53. The van der Waals surface area contributed by atoms with Gasteiger partial charge >= 0.3 is 0 Å². The second-order valence-electron chi connectivity index (χ2n) is 10.4. The molecule has 4 rings (SSSR count). The van der Waals surface area contributed by atoms with Gasteiger partial charge in [-0.05, 0) is 101 Å². The standard InChI is InChI=1S/C29H33N3O3S/c1-17(2)32-24-11-9-21(13-22(24)20(5)15-29(32,6)7)14-25-27(34)31(28(35)36-25)16-26(33)30-23-10-8-18(3)12-19(23)4/h8-15,17H,16H2,1-7H3,(H,30,33)/b25-14-. The summed E-state index contributed by atoms with van der Waals surface area (Å²) in [5.41, 5.74) is 6.88. The third-order valence-electron chi connectivity index (χ3n) is 6.54. The molecule has 0 aliphatic carbocycles. The topological polar surface area (TPSA) is 69.7 Å². The summed E-state index contributed by atoms with van der Waals surface area (Å²) in [6.07, 6.45) is 4.00. The highest BCUT2D eigenvalue weighted by Gasteiger charge is 2.37. The number of hydrogen-bond acceptors (Lipinski definition) is 5. The Labute approximate surface area is 217 Å². The van der Waals surface area contributed by atoms with Crippen molar-refractivity contribution in [1.82, 2.24) is 4.90 Å². The van der Waals surface area contributed by atoms with Crippen LogP contribution in [0.4, 0.5) is 16.2 Å². The molecule has 1 N–H and O–H groups in total. The number of carbonyl (C=O) groups is 3. The van der Waals surface area contributed by atoms with Gasteiger partial charge in [-0.2, -0.15) is 0 Å². The lowest BCUT2D eigenvalue weighted by molar-refractivity contribution is -0.127. The molecular formula is C29H33N3O3S. The van der Waals surface area contributed by atoms with Crippen LogP contribution in [0, 0.1) is 13.8 Å². The number of nitrogens with one attached hydrogen (secondary N) is 1. The Morgan fingerprint density at radius 2 is 1.81 bits per heavy atom. The molecule has 6 nitrogen and oxygen atoms in total. The van der Waals surface area contributed by atoms with Gasteiger partial charge in [0.25, 0.3) is 11.1 Å². The van der Waals surface area contributed by atoms with Crippen LogP contribution in [-0.2, 0) is 9.59 Å². The van der Waals surface area contributed by atoms with Gasteiger partial charge in [-0.25, -0.2) is 0 Å². The molecule has 1 saturated heterocycles. The largest absolute Gasteiger partial charge is 0.360 e. The zero-order valence-corrected chi connectivity index (χ0v) is 22.7. The number of amides is 3. The number of rotatable bonds is 5. The average molecular weight is 504 g/mol. The summed E-state index contributed by atoms with van der Waals surface area (Å²) in [4.78, 5) is 41.9. The Bertz CT molecular complexity index is 1320. The van der Waals surface area contributed by atoms with Crippen LogP contribution < -0.4 is 10.2 Å². The number of nitrogens with zero attached hydrogens (tertiary/aromatic N) is 2. The molecule has 2 aromatic rings. The number of benzene rings is 2. The van der Waals surface area contributed by atoms with Crippen LogP contribution in [0.2, 0.25) is 0 Å². The van der Waals surface area contributed by atoms with E-state index in [4.69, 9.17) is 0 Å². The van der Waals surface area contributed by atoms with Crippen LogP contribution in [0.25, 0.3) is 11.6 Å². The van der Waals surface area contributed by atoms with Crippen LogP contribution in [0.3, 0.4) is 0 Å². The van der Waals surface area contributed by atoms with E-state index in [1.807, 2.05) is 38.1 Å². The third-order valence-corrected chi connectivity index (χ3v) is 7.45. The van der Waals surface area contributed by atoms with Crippen molar-refractivity contribution >= 4 is 51.8 Å². The van der Waals surface area contributed by atoms with E-state index in [1.165, 1.54) is 5.57 Å². The molecule has 3 amide bonds. The summed E-state index contributed by atoms with van der Waals surface area (Å²) in [5, 5.41) is 2.36. The lowest BCUT2D eigenvalue weighted by atomic mass is 9.87. The second-order valence-corrected chi connectivity index (χ2v) is 11.3. The first kappa shape index (κ1) is 25.8. The smallest absolute Gasteiger partial charge is 0.294 e. The van der Waals surface area contributed by atoms with Crippen molar-refractivity contribution in [2.24, 2.45) is 0 Å². The van der Waals surface area contributed by atoms with Gasteiger partial charge in [-0.1, -0.05) is 29.8 Å². The quantitative estimate of drug-likeness (QED) is 0.479. The molecule has 0 saturated carbocycles. The zero-order chi connectivity index (χ0) is 26.4. The van der Waals surface area contributed by atoms with Crippen molar-refractivity contribution in [2.75, 3.05) is 16.8 Å².